The van der Waals surface area contributed by atoms with Crippen molar-refractivity contribution in [1.29, 1.82) is 0 Å². The Hall–Kier alpha value is -2.28. The zero-order valence-electron chi connectivity index (χ0n) is 11.9. The van der Waals surface area contributed by atoms with E-state index in [4.69, 9.17) is 5.11 Å². The summed E-state index contributed by atoms with van der Waals surface area (Å²) < 4.78 is 0. The van der Waals surface area contributed by atoms with Crippen LogP contribution < -0.4 is 4.90 Å². The average Bonchev–Trinajstić information content (AvgIpc) is 2.46. The Morgan fingerprint density at radius 2 is 1.71 bits per heavy atom. The van der Waals surface area contributed by atoms with Crippen LogP contribution in [0.15, 0.2) is 24.3 Å². The number of anilines is 1. The molecule has 0 aliphatic carbocycles. The summed E-state index contributed by atoms with van der Waals surface area (Å²) in [5.74, 6) is -1.01. The molecule has 1 saturated heterocycles. The second-order valence-corrected chi connectivity index (χ2v) is 5.07. The summed E-state index contributed by atoms with van der Waals surface area (Å²) in [7, 11) is 1.98. The number of likely N-dealkylation sites (N-methyl/N-ethyl adjacent to an activating group) is 1. The van der Waals surface area contributed by atoms with Crippen molar-refractivity contribution in [2.75, 3.05) is 44.7 Å². The van der Waals surface area contributed by atoms with Gasteiger partial charge in [0.2, 0.25) is 0 Å². The maximum Gasteiger partial charge on any atom is 0.325 e. The van der Waals surface area contributed by atoms with Crippen LogP contribution in [0.4, 0.5) is 10.5 Å². The van der Waals surface area contributed by atoms with Crippen LogP contribution in [-0.4, -0.2) is 71.8 Å². The first kappa shape index (κ1) is 15.1. The van der Waals surface area contributed by atoms with Crippen LogP contribution in [0.5, 0.6) is 5.75 Å². The molecular weight excluding hydrogens is 274 g/mol. The van der Waals surface area contributed by atoms with Gasteiger partial charge in [0.25, 0.3) is 0 Å². The van der Waals surface area contributed by atoms with Gasteiger partial charge >= 0.3 is 12.0 Å². The number of urea groups is 1. The van der Waals surface area contributed by atoms with E-state index in [0.29, 0.717) is 18.8 Å². The summed E-state index contributed by atoms with van der Waals surface area (Å²) in [6, 6.07) is 5.61. The van der Waals surface area contributed by atoms with E-state index in [1.165, 1.54) is 29.2 Å². The molecule has 2 N–H and O–H groups in total. The van der Waals surface area contributed by atoms with Crippen molar-refractivity contribution in [1.82, 2.24) is 9.80 Å². The topological polar surface area (TPSA) is 84.3 Å². The van der Waals surface area contributed by atoms with Crippen LogP contribution in [0.3, 0.4) is 0 Å². The molecule has 114 valence electrons. The first-order chi connectivity index (χ1) is 9.97. The van der Waals surface area contributed by atoms with E-state index >= 15 is 0 Å². The molecule has 21 heavy (non-hydrogen) atoms. The lowest BCUT2D eigenvalue weighted by molar-refractivity contribution is -0.135. The van der Waals surface area contributed by atoms with Gasteiger partial charge in [-0.2, -0.15) is 0 Å². The minimum atomic E-state index is -1.08. The first-order valence-electron chi connectivity index (χ1n) is 6.73. The summed E-state index contributed by atoms with van der Waals surface area (Å²) in [6.07, 6.45) is 0. The Bertz CT molecular complexity index is 509. The van der Waals surface area contributed by atoms with Gasteiger partial charge in [-0.3, -0.25) is 9.69 Å². The molecule has 0 radical (unpaired) electrons. The van der Waals surface area contributed by atoms with Crippen molar-refractivity contribution < 1.29 is 19.8 Å². The quantitative estimate of drug-likeness (QED) is 0.855. The van der Waals surface area contributed by atoms with Crippen LogP contribution in [-0.2, 0) is 4.79 Å². The van der Waals surface area contributed by atoms with Crippen LogP contribution in [0, 0.1) is 0 Å². The number of hydrogen-bond acceptors (Lipinski definition) is 4. The standard InChI is InChI=1S/C14H19N3O4/c1-15-6-8-16(9-7-15)14(21)17(10-13(19)20)11-2-4-12(18)5-3-11/h2-5,18H,6-10H2,1H3,(H,19,20). The Labute approximate surface area is 123 Å². The molecule has 0 saturated carbocycles. The molecule has 0 unspecified atom stereocenters. The molecule has 0 bridgehead atoms. The number of piperazine rings is 1. The lowest BCUT2D eigenvalue weighted by Crippen LogP contribution is -2.53. The molecule has 1 heterocycles. The second kappa shape index (κ2) is 6.45. The smallest absolute Gasteiger partial charge is 0.325 e. The van der Waals surface area contributed by atoms with Crippen molar-refractivity contribution in [3.8, 4) is 5.75 Å². The highest BCUT2D eigenvalue weighted by molar-refractivity contribution is 5.96. The molecule has 2 rings (SSSR count). The third-order valence-corrected chi connectivity index (χ3v) is 3.46. The molecule has 0 aromatic heterocycles. The van der Waals surface area contributed by atoms with Gasteiger partial charge in [0.05, 0.1) is 0 Å². The number of carbonyl (C=O) groups is 2. The number of amides is 2. The summed E-state index contributed by atoms with van der Waals surface area (Å²) in [5.41, 5.74) is 0.458. The molecule has 0 spiro atoms. The number of phenols is 1. The van der Waals surface area contributed by atoms with Gasteiger partial charge in [-0.25, -0.2) is 4.79 Å². The molecule has 1 aromatic rings. The molecule has 0 atom stereocenters. The Morgan fingerprint density at radius 3 is 2.24 bits per heavy atom. The lowest BCUT2D eigenvalue weighted by Gasteiger charge is -2.35. The number of phenolic OH excluding ortho intramolecular Hbond substituents is 1. The average molecular weight is 293 g/mol. The monoisotopic (exact) mass is 293 g/mol. The summed E-state index contributed by atoms with van der Waals surface area (Å²) in [4.78, 5) is 28.5. The zero-order valence-corrected chi connectivity index (χ0v) is 11.9. The van der Waals surface area contributed by atoms with Gasteiger partial charge in [-0.05, 0) is 31.3 Å². The minimum Gasteiger partial charge on any atom is -0.508 e. The predicted molar refractivity (Wildman–Crippen MR) is 77.6 cm³/mol. The van der Waals surface area contributed by atoms with E-state index < -0.39 is 12.5 Å². The summed E-state index contributed by atoms with van der Waals surface area (Å²) >= 11 is 0. The predicted octanol–water partition coefficient (Wildman–Crippen LogP) is 0.651. The molecule has 1 fully saturated rings. The van der Waals surface area contributed by atoms with Gasteiger partial charge in [0.15, 0.2) is 0 Å². The number of carboxylic acid groups (broad SMARTS) is 1. The van der Waals surface area contributed by atoms with Crippen LogP contribution in [0.2, 0.25) is 0 Å². The number of aromatic hydroxyl groups is 1. The van der Waals surface area contributed by atoms with E-state index in [2.05, 4.69) is 4.90 Å². The normalized spacial score (nSPS) is 15.8. The number of rotatable bonds is 3. The molecule has 2 amide bonds. The third-order valence-electron chi connectivity index (χ3n) is 3.46. The highest BCUT2D eigenvalue weighted by Crippen LogP contribution is 2.20. The lowest BCUT2D eigenvalue weighted by atomic mass is 10.2. The van der Waals surface area contributed by atoms with Crippen molar-refractivity contribution in [3.63, 3.8) is 0 Å². The van der Waals surface area contributed by atoms with Gasteiger partial charge < -0.3 is 20.0 Å². The zero-order chi connectivity index (χ0) is 15.4. The number of benzene rings is 1. The van der Waals surface area contributed by atoms with Crippen molar-refractivity contribution in [3.05, 3.63) is 24.3 Å². The fraction of sp³-hybridized carbons (Fsp3) is 0.429. The van der Waals surface area contributed by atoms with Crippen molar-refractivity contribution >= 4 is 17.7 Å². The minimum absolute atomic E-state index is 0.0704. The number of hydrogen-bond donors (Lipinski definition) is 2. The highest BCUT2D eigenvalue weighted by Gasteiger charge is 2.26. The van der Waals surface area contributed by atoms with Gasteiger partial charge in [-0.15, -0.1) is 0 Å². The maximum atomic E-state index is 12.5. The van der Waals surface area contributed by atoms with Crippen LogP contribution >= 0.6 is 0 Å². The number of aliphatic carboxylic acids is 1. The fourth-order valence-corrected chi connectivity index (χ4v) is 2.21. The summed E-state index contributed by atoms with van der Waals surface area (Å²) in [5, 5.41) is 18.3. The van der Waals surface area contributed by atoms with E-state index in [-0.39, 0.29) is 11.8 Å². The third kappa shape index (κ3) is 3.85. The molecule has 1 aliphatic heterocycles. The number of carboxylic acids is 1. The van der Waals surface area contributed by atoms with E-state index in [0.717, 1.165) is 13.1 Å². The molecular formula is C14H19N3O4. The van der Waals surface area contributed by atoms with Gasteiger partial charge in [-0.1, -0.05) is 0 Å². The Kier molecular flexibility index (Phi) is 4.64. The van der Waals surface area contributed by atoms with Crippen LogP contribution in [0.1, 0.15) is 0 Å². The van der Waals surface area contributed by atoms with Gasteiger partial charge in [0, 0.05) is 31.9 Å². The maximum absolute atomic E-state index is 12.5. The highest BCUT2D eigenvalue weighted by atomic mass is 16.4. The molecule has 1 aromatic carbocycles. The van der Waals surface area contributed by atoms with E-state index in [9.17, 15) is 14.7 Å². The fourth-order valence-electron chi connectivity index (χ4n) is 2.21. The van der Waals surface area contributed by atoms with Crippen molar-refractivity contribution in [2.24, 2.45) is 0 Å². The Balaban J connectivity index is 2.17. The first-order valence-corrected chi connectivity index (χ1v) is 6.73. The van der Waals surface area contributed by atoms with E-state index in [1.807, 2.05) is 7.05 Å². The largest absolute Gasteiger partial charge is 0.508 e. The SMILES string of the molecule is CN1CCN(C(=O)N(CC(=O)O)c2ccc(O)cc2)CC1. The number of carbonyl (C=O) groups excluding carboxylic acids is 1. The molecule has 1 aliphatic rings. The number of nitrogens with zero attached hydrogens (tertiary/aromatic N) is 3. The molecule has 7 heteroatoms. The molecule has 7 nitrogen and oxygen atoms in total. The second-order valence-electron chi connectivity index (χ2n) is 5.07. The van der Waals surface area contributed by atoms with E-state index in [1.54, 1.807) is 4.90 Å². The van der Waals surface area contributed by atoms with Crippen LogP contribution in [0.25, 0.3) is 0 Å². The Morgan fingerprint density at radius 1 is 1.14 bits per heavy atom. The van der Waals surface area contributed by atoms with Gasteiger partial charge in [0.1, 0.15) is 12.3 Å². The summed E-state index contributed by atoms with van der Waals surface area (Å²) in [6.45, 7) is 2.27. The van der Waals surface area contributed by atoms with Crippen molar-refractivity contribution in [2.45, 2.75) is 0 Å².